The van der Waals surface area contributed by atoms with Gasteiger partial charge >= 0.3 is 0 Å². The highest BCUT2D eigenvalue weighted by Crippen LogP contribution is 2.19. The Balaban J connectivity index is 1.93. The predicted molar refractivity (Wildman–Crippen MR) is 77.6 cm³/mol. The Hall–Kier alpha value is -0.680. The maximum Gasteiger partial charge on any atom is 0.141 e. The van der Waals surface area contributed by atoms with E-state index in [-0.39, 0.29) is 11.1 Å². The van der Waals surface area contributed by atoms with Gasteiger partial charge in [-0.25, -0.2) is 4.39 Å². The summed E-state index contributed by atoms with van der Waals surface area (Å²) in [5.41, 5.74) is 0.820. The first-order valence-electron chi connectivity index (χ1n) is 7.06. The smallest absolute Gasteiger partial charge is 0.141 e. The van der Waals surface area contributed by atoms with Crippen LogP contribution in [0.3, 0.4) is 0 Å². The minimum atomic E-state index is -0.601. The van der Waals surface area contributed by atoms with Gasteiger partial charge in [0.1, 0.15) is 5.82 Å². The molecule has 1 aliphatic rings. The third-order valence-corrected chi connectivity index (χ3v) is 3.87. The van der Waals surface area contributed by atoms with Gasteiger partial charge in [-0.15, -0.1) is 0 Å². The molecule has 20 heavy (non-hydrogen) atoms. The number of hydrogen-bond donors (Lipinski definition) is 1. The Morgan fingerprint density at radius 3 is 3.05 bits per heavy atom. The molecular formula is C15H21ClFNO2. The Morgan fingerprint density at radius 1 is 1.55 bits per heavy atom. The molecule has 112 valence electrons. The lowest BCUT2D eigenvalue weighted by molar-refractivity contribution is -0.0877. The van der Waals surface area contributed by atoms with E-state index in [1.165, 1.54) is 6.07 Å². The quantitative estimate of drug-likeness (QED) is 0.907. The fourth-order valence-electron chi connectivity index (χ4n) is 2.52. The minimum Gasteiger partial charge on any atom is -0.390 e. The average molecular weight is 302 g/mol. The Labute approximate surface area is 124 Å². The zero-order valence-corrected chi connectivity index (χ0v) is 12.4. The van der Waals surface area contributed by atoms with Gasteiger partial charge in [-0.05, 0) is 30.7 Å². The van der Waals surface area contributed by atoms with Gasteiger partial charge in [-0.3, -0.25) is 4.90 Å². The van der Waals surface area contributed by atoms with Gasteiger partial charge in [0.25, 0.3) is 0 Å². The maximum atomic E-state index is 13.1. The van der Waals surface area contributed by atoms with Crippen LogP contribution in [-0.2, 0) is 11.2 Å². The predicted octanol–water partition coefficient (Wildman–Crippen LogP) is 2.49. The molecular weight excluding hydrogens is 281 g/mol. The fraction of sp³-hybridized carbons (Fsp3) is 0.600. The zero-order valence-electron chi connectivity index (χ0n) is 11.7. The van der Waals surface area contributed by atoms with E-state index >= 15 is 0 Å². The third-order valence-electron chi connectivity index (χ3n) is 3.58. The van der Waals surface area contributed by atoms with E-state index < -0.39 is 11.9 Å². The lowest BCUT2D eigenvalue weighted by Crippen LogP contribution is -2.48. The first kappa shape index (κ1) is 15.7. The van der Waals surface area contributed by atoms with Crippen molar-refractivity contribution in [3.63, 3.8) is 0 Å². The van der Waals surface area contributed by atoms with Gasteiger partial charge in [0, 0.05) is 19.5 Å². The summed E-state index contributed by atoms with van der Waals surface area (Å²) in [6, 6.07) is 4.54. The summed E-state index contributed by atoms with van der Waals surface area (Å²) in [5.74, 6) is -0.437. The molecule has 2 atom stereocenters. The highest BCUT2D eigenvalue weighted by Gasteiger charge is 2.26. The van der Waals surface area contributed by atoms with Crippen LogP contribution in [0.25, 0.3) is 0 Å². The van der Waals surface area contributed by atoms with Crippen LogP contribution < -0.4 is 0 Å². The van der Waals surface area contributed by atoms with E-state index in [4.69, 9.17) is 16.3 Å². The molecule has 1 heterocycles. The fourth-order valence-corrected chi connectivity index (χ4v) is 2.73. The Bertz CT molecular complexity index is 442. The second-order valence-electron chi connectivity index (χ2n) is 5.23. The van der Waals surface area contributed by atoms with Crippen LogP contribution in [-0.4, -0.2) is 48.5 Å². The molecule has 0 radical (unpaired) electrons. The molecule has 1 aromatic rings. The van der Waals surface area contributed by atoms with E-state index in [2.05, 4.69) is 11.8 Å². The van der Waals surface area contributed by atoms with Gasteiger partial charge in [0.15, 0.2) is 0 Å². The van der Waals surface area contributed by atoms with E-state index in [9.17, 15) is 9.50 Å². The van der Waals surface area contributed by atoms with Crippen LogP contribution in [0.15, 0.2) is 18.2 Å². The number of morpholine rings is 1. The number of rotatable bonds is 5. The standard InChI is InChI=1S/C15H21ClFNO2/c1-2-5-18-6-7-20-15(10-18)14(19)9-11-3-4-13(17)12(16)8-11/h3-4,8,14-15,19H,2,5-7,9-10H2,1H3. The molecule has 3 nitrogen and oxygen atoms in total. The topological polar surface area (TPSA) is 32.7 Å². The Morgan fingerprint density at radius 2 is 2.35 bits per heavy atom. The number of nitrogens with zero attached hydrogens (tertiary/aromatic N) is 1. The van der Waals surface area contributed by atoms with E-state index in [0.29, 0.717) is 13.0 Å². The molecule has 2 rings (SSSR count). The zero-order chi connectivity index (χ0) is 14.5. The van der Waals surface area contributed by atoms with Crippen LogP contribution in [0.4, 0.5) is 4.39 Å². The van der Waals surface area contributed by atoms with Gasteiger partial charge in [0.2, 0.25) is 0 Å². The van der Waals surface area contributed by atoms with Crippen molar-refractivity contribution in [2.75, 3.05) is 26.2 Å². The first-order chi connectivity index (χ1) is 9.60. The molecule has 0 aliphatic carbocycles. The van der Waals surface area contributed by atoms with Crippen molar-refractivity contribution in [3.8, 4) is 0 Å². The van der Waals surface area contributed by atoms with Crippen LogP contribution in [0, 0.1) is 5.82 Å². The second-order valence-corrected chi connectivity index (χ2v) is 5.64. The molecule has 1 saturated heterocycles. The number of aliphatic hydroxyl groups excluding tert-OH is 1. The van der Waals surface area contributed by atoms with Crippen LogP contribution in [0.5, 0.6) is 0 Å². The van der Waals surface area contributed by atoms with Gasteiger partial charge in [-0.2, -0.15) is 0 Å². The van der Waals surface area contributed by atoms with Crippen LogP contribution in [0.1, 0.15) is 18.9 Å². The molecule has 0 saturated carbocycles. The molecule has 2 unspecified atom stereocenters. The van der Waals surface area contributed by atoms with E-state index in [0.717, 1.165) is 31.6 Å². The van der Waals surface area contributed by atoms with Crippen molar-refractivity contribution in [1.82, 2.24) is 4.90 Å². The number of halogens is 2. The molecule has 5 heteroatoms. The lowest BCUT2D eigenvalue weighted by atomic mass is 10.0. The molecule has 0 aromatic heterocycles. The summed E-state index contributed by atoms with van der Waals surface area (Å²) >= 11 is 5.75. The maximum absolute atomic E-state index is 13.1. The number of aliphatic hydroxyl groups is 1. The normalized spacial score (nSPS) is 21.9. The lowest BCUT2D eigenvalue weighted by Gasteiger charge is -2.35. The van der Waals surface area contributed by atoms with E-state index in [1.807, 2.05) is 0 Å². The summed E-state index contributed by atoms with van der Waals surface area (Å²) < 4.78 is 18.7. The van der Waals surface area contributed by atoms with Crippen LogP contribution in [0.2, 0.25) is 5.02 Å². The van der Waals surface area contributed by atoms with E-state index in [1.54, 1.807) is 12.1 Å². The molecule has 1 N–H and O–H groups in total. The summed E-state index contributed by atoms with van der Waals surface area (Å²) in [6.45, 7) is 5.46. The van der Waals surface area contributed by atoms with Crippen molar-refractivity contribution in [1.29, 1.82) is 0 Å². The summed E-state index contributed by atoms with van der Waals surface area (Å²) in [7, 11) is 0. The highest BCUT2D eigenvalue weighted by molar-refractivity contribution is 6.30. The second kappa shape index (κ2) is 7.36. The van der Waals surface area contributed by atoms with Crippen LogP contribution >= 0.6 is 11.6 Å². The summed E-state index contributed by atoms with van der Waals surface area (Å²) in [4.78, 5) is 2.30. The molecule has 0 bridgehead atoms. The largest absolute Gasteiger partial charge is 0.390 e. The van der Waals surface area contributed by atoms with Crippen molar-refractivity contribution >= 4 is 11.6 Å². The average Bonchev–Trinajstić information content (AvgIpc) is 2.43. The van der Waals surface area contributed by atoms with Gasteiger partial charge < -0.3 is 9.84 Å². The highest BCUT2D eigenvalue weighted by atomic mass is 35.5. The van der Waals surface area contributed by atoms with Gasteiger partial charge in [-0.1, -0.05) is 24.6 Å². The monoisotopic (exact) mass is 301 g/mol. The molecule has 0 amide bonds. The summed E-state index contributed by atoms with van der Waals surface area (Å²) in [6.07, 6.45) is 0.719. The number of ether oxygens (including phenoxy) is 1. The van der Waals surface area contributed by atoms with Crippen molar-refractivity contribution in [3.05, 3.63) is 34.6 Å². The number of benzene rings is 1. The van der Waals surface area contributed by atoms with Crippen molar-refractivity contribution < 1.29 is 14.2 Å². The Kier molecular flexibility index (Phi) is 5.78. The third kappa shape index (κ3) is 4.16. The van der Waals surface area contributed by atoms with Crippen molar-refractivity contribution in [2.24, 2.45) is 0 Å². The molecule has 0 spiro atoms. The molecule has 1 aliphatic heterocycles. The van der Waals surface area contributed by atoms with Gasteiger partial charge in [0.05, 0.1) is 23.8 Å². The molecule has 1 aromatic carbocycles. The molecule has 1 fully saturated rings. The summed E-state index contributed by atoms with van der Waals surface area (Å²) in [5, 5.41) is 10.4. The van der Waals surface area contributed by atoms with Crippen molar-refractivity contribution in [2.45, 2.75) is 32.0 Å². The number of hydrogen-bond acceptors (Lipinski definition) is 3. The minimum absolute atomic E-state index is 0.0897. The SMILES string of the molecule is CCCN1CCOC(C(O)Cc2ccc(F)c(Cl)c2)C1. The first-order valence-corrected chi connectivity index (χ1v) is 7.44.